The van der Waals surface area contributed by atoms with Crippen molar-refractivity contribution in [2.24, 2.45) is 0 Å². The third-order valence-corrected chi connectivity index (χ3v) is 4.36. The van der Waals surface area contributed by atoms with Gasteiger partial charge < -0.3 is 14.5 Å². The molecular weight excluding hydrogens is 332 g/mol. The molecule has 98 valence electrons. The molecule has 0 radical (unpaired) electrons. The van der Waals surface area contributed by atoms with Crippen molar-refractivity contribution in [2.75, 3.05) is 14.2 Å². The maximum atomic E-state index is 11.7. The fraction of sp³-hybridized carbons (Fsp3) is 0.167. The normalized spacial score (nSPS) is 11.1. The number of carbonyl (C=O) groups excluding carboxylic acids is 1. The molecule has 0 aliphatic heterocycles. The van der Waals surface area contributed by atoms with Crippen molar-refractivity contribution in [3.8, 4) is 5.75 Å². The van der Waals surface area contributed by atoms with Gasteiger partial charge in [-0.1, -0.05) is 0 Å². The summed E-state index contributed by atoms with van der Waals surface area (Å²) in [5.74, 6) is 0.0951. The maximum Gasteiger partial charge on any atom is 0.351 e. The molecule has 3 aromatic rings. The van der Waals surface area contributed by atoms with Gasteiger partial charge in [0.2, 0.25) is 0 Å². The van der Waals surface area contributed by atoms with Gasteiger partial charge in [-0.25, -0.2) is 4.79 Å². The van der Waals surface area contributed by atoms with Crippen LogP contribution in [0.1, 0.15) is 9.67 Å². The molecule has 0 saturated heterocycles. The second-order valence-corrected chi connectivity index (χ2v) is 5.77. The predicted molar refractivity (Wildman–Crippen MR) is 77.1 cm³/mol. The number of methoxy groups -OCH3 is 2. The van der Waals surface area contributed by atoms with Crippen molar-refractivity contribution in [3.05, 3.63) is 21.6 Å². The first kappa shape index (κ1) is 12.4. The second-order valence-electron chi connectivity index (χ2n) is 3.83. The van der Waals surface area contributed by atoms with E-state index in [2.05, 4.69) is 25.9 Å². The SMILES string of the molecule is COC(=O)c1sc2c([nH]c3cc(Br)cnc32)c1OC. The highest BCUT2D eigenvalue weighted by Gasteiger charge is 2.23. The minimum Gasteiger partial charge on any atom is -0.493 e. The molecule has 3 aromatic heterocycles. The van der Waals surface area contributed by atoms with E-state index in [1.54, 1.807) is 6.20 Å². The van der Waals surface area contributed by atoms with Gasteiger partial charge in [-0.2, -0.15) is 0 Å². The van der Waals surface area contributed by atoms with Gasteiger partial charge in [-0.3, -0.25) is 4.98 Å². The number of rotatable bonds is 2. The molecule has 0 amide bonds. The van der Waals surface area contributed by atoms with Crippen molar-refractivity contribution >= 4 is 54.5 Å². The molecule has 3 rings (SSSR count). The van der Waals surface area contributed by atoms with Gasteiger partial charge in [0.15, 0.2) is 10.6 Å². The van der Waals surface area contributed by atoms with Crippen LogP contribution in [0.2, 0.25) is 0 Å². The Bertz CT molecular complexity index is 793. The number of carbonyl (C=O) groups is 1. The quantitative estimate of drug-likeness (QED) is 0.726. The number of fused-ring (bicyclic) bond motifs is 3. The van der Waals surface area contributed by atoms with Crippen LogP contribution in [0.4, 0.5) is 0 Å². The molecule has 0 aliphatic rings. The van der Waals surface area contributed by atoms with Crippen LogP contribution >= 0.6 is 27.3 Å². The predicted octanol–water partition coefficient (Wildman–Crippen LogP) is 3.34. The van der Waals surface area contributed by atoms with Crippen molar-refractivity contribution in [1.29, 1.82) is 0 Å². The number of aromatic amines is 1. The third kappa shape index (κ3) is 1.81. The Labute approximate surface area is 120 Å². The average molecular weight is 341 g/mol. The Morgan fingerprint density at radius 3 is 2.95 bits per heavy atom. The summed E-state index contributed by atoms with van der Waals surface area (Å²) < 4.78 is 11.9. The molecule has 0 spiro atoms. The van der Waals surface area contributed by atoms with Crippen LogP contribution in [0.5, 0.6) is 5.75 Å². The first-order chi connectivity index (χ1) is 9.15. The summed E-state index contributed by atoms with van der Waals surface area (Å²) in [7, 11) is 2.88. The van der Waals surface area contributed by atoms with Crippen LogP contribution in [-0.2, 0) is 4.74 Å². The number of hydrogen-bond donors (Lipinski definition) is 1. The van der Waals surface area contributed by atoms with Crippen LogP contribution in [0.15, 0.2) is 16.7 Å². The highest BCUT2D eigenvalue weighted by Crippen LogP contribution is 2.41. The zero-order chi connectivity index (χ0) is 13.6. The number of nitrogens with one attached hydrogen (secondary N) is 1. The van der Waals surface area contributed by atoms with Crippen LogP contribution < -0.4 is 4.74 Å². The smallest absolute Gasteiger partial charge is 0.351 e. The van der Waals surface area contributed by atoms with Gasteiger partial charge in [-0.05, 0) is 22.0 Å². The zero-order valence-electron chi connectivity index (χ0n) is 10.1. The van der Waals surface area contributed by atoms with Gasteiger partial charge in [0.25, 0.3) is 0 Å². The lowest BCUT2D eigenvalue weighted by Crippen LogP contribution is -2.00. The number of halogens is 1. The van der Waals surface area contributed by atoms with Crippen LogP contribution in [0.25, 0.3) is 21.3 Å². The van der Waals surface area contributed by atoms with Gasteiger partial charge in [0.05, 0.1) is 24.4 Å². The number of H-pyrrole nitrogens is 1. The molecule has 1 N–H and O–H groups in total. The van der Waals surface area contributed by atoms with E-state index in [-0.39, 0.29) is 0 Å². The highest BCUT2D eigenvalue weighted by molar-refractivity contribution is 9.10. The fourth-order valence-corrected chi connectivity index (χ4v) is 3.45. The number of pyridine rings is 1. The van der Waals surface area contributed by atoms with Crippen LogP contribution in [0, 0.1) is 0 Å². The summed E-state index contributed by atoms with van der Waals surface area (Å²) in [5, 5.41) is 0. The molecule has 0 fully saturated rings. The first-order valence-corrected chi connectivity index (χ1v) is 6.98. The van der Waals surface area contributed by atoms with Crippen LogP contribution in [-0.4, -0.2) is 30.2 Å². The standard InChI is InChI=1S/C12H9BrN2O3S/c1-17-9-8-10(19-11(9)12(16)18-2)7-6(15-8)3-5(13)4-14-7/h3-4,15H,1-2H3. The van der Waals surface area contributed by atoms with Crippen LogP contribution in [0.3, 0.4) is 0 Å². The van der Waals surface area contributed by atoms with E-state index >= 15 is 0 Å². The number of ether oxygens (including phenoxy) is 2. The minimum atomic E-state index is -0.406. The largest absolute Gasteiger partial charge is 0.493 e. The Kier molecular flexibility index (Phi) is 2.94. The molecule has 3 heterocycles. The van der Waals surface area contributed by atoms with E-state index in [0.717, 1.165) is 25.7 Å². The average Bonchev–Trinajstić information content (AvgIpc) is 2.92. The number of esters is 1. The third-order valence-electron chi connectivity index (χ3n) is 2.77. The lowest BCUT2D eigenvalue weighted by Gasteiger charge is -2.00. The van der Waals surface area contributed by atoms with Gasteiger partial charge in [-0.15, -0.1) is 11.3 Å². The monoisotopic (exact) mass is 340 g/mol. The van der Waals surface area contributed by atoms with E-state index in [1.165, 1.54) is 25.6 Å². The molecule has 0 aromatic carbocycles. The van der Waals surface area contributed by atoms with E-state index in [1.807, 2.05) is 6.07 Å². The molecule has 5 nitrogen and oxygen atoms in total. The van der Waals surface area contributed by atoms with Crippen molar-refractivity contribution in [3.63, 3.8) is 0 Å². The molecule has 0 bridgehead atoms. The summed E-state index contributed by atoms with van der Waals surface area (Å²) in [4.78, 5) is 19.8. The zero-order valence-corrected chi connectivity index (χ0v) is 12.5. The Morgan fingerprint density at radius 2 is 2.26 bits per heavy atom. The topological polar surface area (TPSA) is 64.2 Å². The number of nitrogens with zero attached hydrogens (tertiary/aromatic N) is 1. The number of hydrogen-bond acceptors (Lipinski definition) is 5. The number of aromatic nitrogens is 2. The number of thiophene rings is 1. The first-order valence-electron chi connectivity index (χ1n) is 5.37. The molecular formula is C12H9BrN2O3S. The summed E-state index contributed by atoms with van der Waals surface area (Å²) >= 11 is 4.69. The second kappa shape index (κ2) is 4.50. The van der Waals surface area contributed by atoms with E-state index in [4.69, 9.17) is 9.47 Å². The van der Waals surface area contributed by atoms with Gasteiger partial charge in [0, 0.05) is 10.7 Å². The highest BCUT2D eigenvalue weighted by atomic mass is 79.9. The van der Waals surface area contributed by atoms with Crippen molar-refractivity contribution < 1.29 is 14.3 Å². The van der Waals surface area contributed by atoms with E-state index < -0.39 is 5.97 Å². The van der Waals surface area contributed by atoms with Gasteiger partial charge in [0.1, 0.15) is 11.0 Å². The Balaban J connectivity index is 2.36. The summed E-state index contributed by atoms with van der Waals surface area (Å²) in [6.07, 6.45) is 1.72. The molecule has 0 aliphatic carbocycles. The molecule has 0 saturated carbocycles. The van der Waals surface area contributed by atoms with E-state index in [9.17, 15) is 4.79 Å². The Hall–Kier alpha value is -1.60. The van der Waals surface area contributed by atoms with Crippen molar-refractivity contribution in [2.45, 2.75) is 0 Å². The van der Waals surface area contributed by atoms with Crippen molar-refractivity contribution in [1.82, 2.24) is 9.97 Å². The molecule has 0 atom stereocenters. The molecule has 7 heteroatoms. The minimum absolute atomic E-state index is 0.406. The molecule has 19 heavy (non-hydrogen) atoms. The Morgan fingerprint density at radius 1 is 1.47 bits per heavy atom. The molecule has 0 unspecified atom stereocenters. The van der Waals surface area contributed by atoms with E-state index in [0.29, 0.717) is 10.6 Å². The van der Waals surface area contributed by atoms with Gasteiger partial charge >= 0.3 is 5.97 Å². The lowest BCUT2D eigenvalue weighted by molar-refractivity contribution is 0.0603. The maximum absolute atomic E-state index is 11.7. The summed E-state index contributed by atoms with van der Waals surface area (Å²) in [6, 6.07) is 1.94. The summed E-state index contributed by atoms with van der Waals surface area (Å²) in [5.41, 5.74) is 2.48. The summed E-state index contributed by atoms with van der Waals surface area (Å²) in [6.45, 7) is 0. The lowest BCUT2D eigenvalue weighted by atomic mass is 10.3. The fourth-order valence-electron chi connectivity index (χ4n) is 1.97.